The van der Waals surface area contributed by atoms with Gasteiger partial charge in [-0.3, -0.25) is 4.79 Å². The van der Waals surface area contributed by atoms with Gasteiger partial charge >= 0.3 is 0 Å². The third-order valence-corrected chi connectivity index (χ3v) is 3.07. The van der Waals surface area contributed by atoms with Crippen molar-refractivity contribution < 1.29 is 4.79 Å². The van der Waals surface area contributed by atoms with Gasteiger partial charge in [-0.2, -0.15) is 0 Å². The molecule has 1 aromatic rings. The van der Waals surface area contributed by atoms with Crippen molar-refractivity contribution in [1.82, 2.24) is 0 Å². The van der Waals surface area contributed by atoms with Gasteiger partial charge in [0.25, 0.3) is 0 Å². The van der Waals surface area contributed by atoms with Crippen molar-refractivity contribution in [3.63, 3.8) is 0 Å². The molecule has 0 aliphatic heterocycles. The molecule has 3 nitrogen and oxygen atoms in total. The van der Waals surface area contributed by atoms with Gasteiger partial charge in [0.05, 0.1) is 6.04 Å². The Morgan fingerprint density at radius 3 is 2.80 bits per heavy atom. The second kappa shape index (κ2) is 5.28. The van der Waals surface area contributed by atoms with Crippen molar-refractivity contribution in [2.45, 2.75) is 26.3 Å². The van der Waals surface area contributed by atoms with Gasteiger partial charge in [0.2, 0.25) is 5.91 Å². The largest absolute Gasteiger partial charge is 0.325 e. The van der Waals surface area contributed by atoms with E-state index >= 15 is 0 Å². The van der Waals surface area contributed by atoms with Crippen LogP contribution in [-0.2, 0) is 4.79 Å². The van der Waals surface area contributed by atoms with E-state index in [1.54, 1.807) is 0 Å². The molecule has 0 spiro atoms. The fraction of sp³-hybridized carbons (Fsp3) is 0.364. The van der Waals surface area contributed by atoms with E-state index in [1.165, 1.54) is 0 Å². The Morgan fingerprint density at radius 2 is 2.27 bits per heavy atom. The number of carbonyl (C=O) groups excluding carboxylic acids is 1. The highest BCUT2D eigenvalue weighted by Crippen LogP contribution is 2.20. The quantitative estimate of drug-likeness (QED) is 0.887. The third-order valence-electron chi connectivity index (χ3n) is 2.22. The van der Waals surface area contributed by atoms with Gasteiger partial charge in [-0.25, -0.2) is 0 Å². The van der Waals surface area contributed by atoms with E-state index in [1.807, 2.05) is 32.0 Å². The van der Waals surface area contributed by atoms with Crippen LogP contribution in [0.4, 0.5) is 5.69 Å². The number of hydrogen-bond acceptors (Lipinski definition) is 2. The highest BCUT2D eigenvalue weighted by Gasteiger charge is 2.10. The summed E-state index contributed by atoms with van der Waals surface area (Å²) in [5.41, 5.74) is 7.51. The minimum atomic E-state index is -0.440. The number of nitrogens with two attached hydrogens (primary N) is 1. The van der Waals surface area contributed by atoms with Gasteiger partial charge in [0, 0.05) is 10.2 Å². The Morgan fingerprint density at radius 1 is 1.60 bits per heavy atom. The van der Waals surface area contributed by atoms with Gasteiger partial charge in [0.15, 0.2) is 0 Å². The standard InChI is InChI=1S/C11H15BrN2O/c1-3-10(13)11(15)14-8-5-4-7(2)9(12)6-8/h4-6,10H,3,13H2,1-2H3,(H,14,15)/t10-/m0/s1. The second-order valence-corrected chi connectivity index (χ2v) is 4.32. The molecular formula is C11H15BrN2O. The minimum Gasteiger partial charge on any atom is -0.325 e. The number of hydrogen-bond donors (Lipinski definition) is 2. The van der Waals surface area contributed by atoms with E-state index in [9.17, 15) is 4.79 Å². The van der Waals surface area contributed by atoms with Crippen LogP contribution in [0.1, 0.15) is 18.9 Å². The van der Waals surface area contributed by atoms with Crippen LogP contribution in [-0.4, -0.2) is 11.9 Å². The highest BCUT2D eigenvalue weighted by atomic mass is 79.9. The van der Waals surface area contributed by atoms with E-state index < -0.39 is 6.04 Å². The number of anilines is 1. The summed E-state index contributed by atoms with van der Waals surface area (Å²) in [6, 6.07) is 5.23. The van der Waals surface area contributed by atoms with Gasteiger partial charge in [-0.05, 0) is 31.0 Å². The van der Waals surface area contributed by atoms with E-state index in [4.69, 9.17) is 5.73 Å². The van der Waals surface area contributed by atoms with Crippen LogP contribution in [0.15, 0.2) is 22.7 Å². The Kier molecular flexibility index (Phi) is 4.29. The number of carbonyl (C=O) groups is 1. The first-order valence-corrected chi connectivity index (χ1v) is 5.66. The van der Waals surface area contributed by atoms with E-state index in [-0.39, 0.29) is 5.91 Å². The molecule has 82 valence electrons. The Balaban J connectivity index is 2.73. The first kappa shape index (κ1) is 12.2. The number of amides is 1. The first-order valence-electron chi connectivity index (χ1n) is 4.87. The molecule has 0 fully saturated rings. The van der Waals surface area contributed by atoms with Crippen LogP contribution in [0.3, 0.4) is 0 Å². The van der Waals surface area contributed by atoms with Crippen molar-refractivity contribution >= 4 is 27.5 Å². The summed E-state index contributed by atoms with van der Waals surface area (Å²) in [5.74, 6) is -0.145. The van der Waals surface area contributed by atoms with Gasteiger partial charge in [-0.15, -0.1) is 0 Å². The molecule has 0 saturated heterocycles. The summed E-state index contributed by atoms with van der Waals surface area (Å²) in [6.45, 7) is 3.88. The van der Waals surface area contributed by atoms with Crippen LogP contribution in [0.5, 0.6) is 0 Å². The molecule has 4 heteroatoms. The SMILES string of the molecule is CC[C@H](N)C(=O)Nc1ccc(C)c(Br)c1. The van der Waals surface area contributed by atoms with Crippen molar-refractivity contribution in [2.75, 3.05) is 5.32 Å². The van der Waals surface area contributed by atoms with Crippen molar-refractivity contribution in [3.05, 3.63) is 28.2 Å². The van der Waals surface area contributed by atoms with Crippen LogP contribution >= 0.6 is 15.9 Å². The molecule has 0 bridgehead atoms. The number of halogens is 1. The molecule has 0 saturated carbocycles. The van der Waals surface area contributed by atoms with Gasteiger partial charge < -0.3 is 11.1 Å². The van der Waals surface area contributed by atoms with Crippen molar-refractivity contribution in [1.29, 1.82) is 0 Å². The Bertz CT molecular complexity index is 366. The third kappa shape index (κ3) is 3.32. The molecule has 0 aromatic heterocycles. The lowest BCUT2D eigenvalue weighted by Gasteiger charge is -2.10. The van der Waals surface area contributed by atoms with Crippen molar-refractivity contribution in [3.8, 4) is 0 Å². The van der Waals surface area contributed by atoms with Crippen molar-refractivity contribution in [2.24, 2.45) is 5.73 Å². The first-order chi connectivity index (χ1) is 7.04. The molecule has 1 amide bonds. The summed E-state index contributed by atoms with van der Waals surface area (Å²) in [7, 11) is 0. The van der Waals surface area contributed by atoms with Crippen LogP contribution in [0.25, 0.3) is 0 Å². The molecule has 1 rings (SSSR count). The number of benzene rings is 1. The molecular weight excluding hydrogens is 256 g/mol. The average molecular weight is 271 g/mol. The van der Waals surface area contributed by atoms with Crippen LogP contribution < -0.4 is 11.1 Å². The molecule has 1 aromatic carbocycles. The van der Waals surface area contributed by atoms with Crippen LogP contribution in [0.2, 0.25) is 0 Å². The lowest BCUT2D eigenvalue weighted by Crippen LogP contribution is -2.34. The second-order valence-electron chi connectivity index (χ2n) is 3.47. The number of nitrogens with one attached hydrogen (secondary N) is 1. The Labute approximate surface area is 98.2 Å². The molecule has 0 unspecified atom stereocenters. The fourth-order valence-corrected chi connectivity index (χ4v) is 1.47. The predicted octanol–water partition coefficient (Wildman–Crippen LogP) is 2.43. The number of aryl methyl sites for hydroxylation is 1. The zero-order chi connectivity index (χ0) is 11.4. The summed E-state index contributed by atoms with van der Waals surface area (Å²) >= 11 is 3.41. The van der Waals surface area contributed by atoms with Crippen LogP contribution in [0, 0.1) is 6.92 Å². The van der Waals surface area contributed by atoms with E-state index in [0.717, 1.165) is 15.7 Å². The normalized spacial score (nSPS) is 12.3. The molecule has 0 aliphatic carbocycles. The minimum absolute atomic E-state index is 0.145. The molecule has 0 radical (unpaired) electrons. The maximum Gasteiger partial charge on any atom is 0.241 e. The highest BCUT2D eigenvalue weighted by molar-refractivity contribution is 9.10. The fourth-order valence-electron chi connectivity index (χ4n) is 1.09. The van der Waals surface area contributed by atoms with Gasteiger partial charge in [-0.1, -0.05) is 28.9 Å². The average Bonchev–Trinajstić information content (AvgIpc) is 2.22. The predicted molar refractivity (Wildman–Crippen MR) is 65.8 cm³/mol. The number of rotatable bonds is 3. The van der Waals surface area contributed by atoms with E-state index in [0.29, 0.717) is 6.42 Å². The topological polar surface area (TPSA) is 55.1 Å². The smallest absolute Gasteiger partial charge is 0.241 e. The molecule has 0 aliphatic rings. The maximum absolute atomic E-state index is 11.5. The van der Waals surface area contributed by atoms with E-state index in [2.05, 4.69) is 21.2 Å². The zero-order valence-electron chi connectivity index (χ0n) is 8.88. The lowest BCUT2D eigenvalue weighted by atomic mass is 10.2. The summed E-state index contributed by atoms with van der Waals surface area (Å²) in [5, 5.41) is 2.77. The zero-order valence-corrected chi connectivity index (χ0v) is 10.5. The monoisotopic (exact) mass is 270 g/mol. The summed E-state index contributed by atoms with van der Waals surface area (Å²) < 4.78 is 0.977. The molecule has 3 N–H and O–H groups in total. The summed E-state index contributed by atoms with van der Waals surface area (Å²) in [6.07, 6.45) is 0.638. The molecule has 0 heterocycles. The van der Waals surface area contributed by atoms with Gasteiger partial charge in [0.1, 0.15) is 0 Å². The molecule has 1 atom stereocenters. The molecule has 15 heavy (non-hydrogen) atoms. The maximum atomic E-state index is 11.5. The Hall–Kier alpha value is -0.870. The lowest BCUT2D eigenvalue weighted by molar-refractivity contribution is -0.117. The summed E-state index contributed by atoms with van der Waals surface area (Å²) in [4.78, 5) is 11.5.